The first-order valence-corrected chi connectivity index (χ1v) is 5.01. The Bertz CT molecular complexity index is 513. The van der Waals surface area contributed by atoms with Gasteiger partial charge in [0.05, 0.1) is 5.69 Å². The van der Waals surface area contributed by atoms with E-state index in [9.17, 15) is 4.79 Å². The van der Waals surface area contributed by atoms with Gasteiger partial charge < -0.3 is 0 Å². The molecule has 0 saturated heterocycles. The van der Waals surface area contributed by atoms with Gasteiger partial charge in [-0.1, -0.05) is 12.1 Å². The van der Waals surface area contributed by atoms with E-state index in [2.05, 4.69) is 21.0 Å². The highest BCUT2D eigenvalue weighted by Crippen LogP contribution is 2.18. The maximum absolute atomic E-state index is 11.5. The lowest BCUT2D eigenvalue weighted by Crippen LogP contribution is -2.13. The Morgan fingerprint density at radius 2 is 2.07 bits per heavy atom. The molecule has 0 atom stereocenters. The molecule has 0 unspecified atom stereocenters. The Morgan fingerprint density at radius 1 is 1.36 bits per heavy atom. The van der Waals surface area contributed by atoms with E-state index < -0.39 is 0 Å². The first-order valence-electron chi connectivity index (χ1n) is 4.22. The van der Waals surface area contributed by atoms with Crippen molar-refractivity contribution < 1.29 is 0 Å². The molecule has 0 radical (unpaired) electrons. The topological polar surface area (TPSA) is 37.8 Å². The molecule has 0 bridgehead atoms. The summed E-state index contributed by atoms with van der Waals surface area (Å²) >= 11 is 3.40. The first kappa shape index (κ1) is 9.27. The van der Waals surface area contributed by atoms with Gasteiger partial charge in [0, 0.05) is 16.2 Å². The minimum atomic E-state index is -0.0469. The minimum absolute atomic E-state index is 0.0469. The van der Waals surface area contributed by atoms with Crippen LogP contribution >= 0.6 is 15.9 Å². The van der Waals surface area contributed by atoms with Crippen molar-refractivity contribution in [1.82, 2.24) is 9.78 Å². The molecule has 0 saturated carbocycles. The predicted molar refractivity (Wildman–Crippen MR) is 58.8 cm³/mol. The average Bonchev–Trinajstić information content (AvgIpc) is 2.46. The summed E-state index contributed by atoms with van der Waals surface area (Å²) in [4.78, 5) is 11.5. The molecule has 0 spiro atoms. The van der Waals surface area contributed by atoms with Gasteiger partial charge in [-0.15, -0.1) is 0 Å². The van der Waals surface area contributed by atoms with Crippen LogP contribution in [-0.4, -0.2) is 9.78 Å². The molecule has 14 heavy (non-hydrogen) atoms. The van der Waals surface area contributed by atoms with E-state index in [0.717, 1.165) is 15.9 Å². The van der Waals surface area contributed by atoms with Crippen LogP contribution in [0.25, 0.3) is 5.69 Å². The second kappa shape index (κ2) is 3.46. The number of rotatable bonds is 1. The van der Waals surface area contributed by atoms with Crippen LogP contribution in [0.15, 0.2) is 39.6 Å². The standard InChI is InChI=1S/C10H9BrN2O/c1-7-6-10(14)13(12-7)9-5-3-2-4-8(9)11/h2-6,12H,1H3. The molecule has 72 valence electrons. The third-order valence-electron chi connectivity index (χ3n) is 1.94. The Labute approximate surface area is 89.5 Å². The number of benzene rings is 1. The Kier molecular flexibility index (Phi) is 2.29. The zero-order chi connectivity index (χ0) is 10.1. The van der Waals surface area contributed by atoms with Gasteiger partial charge in [0.1, 0.15) is 0 Å². The molecule has 0 fully saturated rings. The normalized spacial score (nSPS) is 10.4. The summed E-state index contributed by atoms with van der Waals surface area (Å²) in [6, 6.07) is 9.15. The summed E-state index contributed by atoms with van der Waals surface area (Å²) in [5.74, 6) is 0. The second-order valence-electron chi connectivity index (χ2n) is 3.06. The van der Waals surface area contributed by atoms with Gasteiger partial charge in [0.15, 0.2) is 0 Å². The van der Waals surface area contributed by atoms with E-state index in [1.807, 2.05) is 31.2 Å². The fourth-order valence-electron chi connectivity index (χ4n) is 1.33. The highest BCUT2D eigenvalue weighted by molar-refractivity contribution is 9.10. The third-order valence-corrected chi connectivity index (χ3v) is 2.61. The molecule has 2 aromatic rings. The minimum Gasteiger partial charge on any atom is -0.295 e. The predicted octanol–water partition coefficient (Wildman–Crippen LogP) is 2.24. The Hall–Kier alpha value is -1.29. The van der Waals surface area contributed by atoms with Gasteiger partial charge in [-0.3, -0.25) is 9.89 Å². The molecule has 1 heterocycles. The first-order chi connectivity index (χ1) is 6.68. The molecule has 1 aromatic carbocycles. The molecule has 0 aliphatic carbocycles. The van der Waals surface area contributed by atoms with Crippen molar-refractivity contribution in [2.24, 2.45) is 0 Å². The van der Waals surface area contributed by atoms with Crippen molar-refractivity contribution in [1.29, 1.82) is 0 Å². The number of aromatic amines is 1. The maximum atomic E-state index is 11.5. The number of halogens is 1. The van der Waals surface area contributed by atoms with Crippen molar-refractivity contribution in [3.05, 3.63) is 50.9 Å². The van der Waals surface area contributed by atoms with Crippen LogP contribution in [0, 0.1) is 6.92 Å². The van der Waals surface area contributed by atoms with Gasteiger partial charge in [-0.25, -0.2) is 4.68 Å². The van der Waals surface area contributed by atoms with E-state index in [1.54, 1.807) is 6.07 Å². The number of aromatic nitrogens is 2. The molecule has 1 N–H and O–H groups in total. The van der Waals surface area contributed by atoms with Gasteiger partial charge >= 0.3 is 0 Å². The summed E-state index contributed by atoms with van der Waals surface area (Å²) in [5, 5.41) is 2.98. The third kappa shape index (κ3) is 1.53. The van der Waals surface area contributed by atoms with Crippen LogP contribution < -0.4 is 5.56 Å². The van der Waals surface area contributed by atoms with Crippen LogP contribution in [0.3, 0.4) is 0 Å². The van der Waals surface area contributed by atoms with Crippen LogP contribution in [0.1, 0.15) is 5.69 Å². The van der Waals surface area contributed by atoms with Crippen molar-refractivity contribution >= 4 is 15.9 Å². The van der Waals surface area contributed by atoms with Crippen LogP contribution in [0.5, 0.6) is 0 Å². The van der Waals surface area contributed by atoms with Gasteiger partial charge in [-0.2, -0.15) is 0 Å². The number of nitrogens with zero attached hydrogens (tertiary/aromatic N) is 1. The molecule has 0 amide bonds. The lowest BCUT2D eigenvalue weighted by atomic mass is 10.3. The number of aryl methyl sites for hydroxylation is 1. The number of hydrogen-bond acceptors (Lipinski definition) is 1. The van der Waals surface area contributed by atoms with Crippen molar-refractivity contribution in [3.63, 3.8) is 0 Å². The summed E-state index contributed by atoms with van der Waals surface area (Å²) in [5.41, 5.74) is 1.63. The molecule has 4 heteroatoms. The maximum Gasteiger partial charge on any atom is 0.271 e. The molecular formula is C10H9BrN2O. The lowest BCUT2D eigenvalue weighted by Gasteiger charge is -2.03. The van der Waals surface area contributed by atoms with Crippen LogP contribution in [-0.2, 0) is 0 Å². The zero-order valence-corrected chi connectivity index (χ0v) is 9.21. The summed E-state index contributed by atoms with van der Waals surface area (Å²) in [6.07, 6.45) is 0. The Morgan fingerprint density at radius 3 is 2.64 bits per heavy atom. The van der Waals surface area contributed by atoms with Gasteiger partial charge in [0.25, 0.3) is 5.56 Å². The number of nitrogens with one attached hydrogen (secondary N) is 1. The van der Waals surface area contributed by atoms with E-state index in [-0.39, 0.29) is 5.56 Å². The lowest BCUT2D eigenvalue weighted by molar-refractivity contribution is 0.831. The van der Waals surface area contributed by atoms with Crippen LogP contribution in [0.4, 0.5) is 0 Å². The number of H-pyrrole nitrogens is 1. The smallest absolute Gasteiger partial charge is 0.271 e. The fourth-order valence-corrected chi connectivity index (χ4v) is 1.79. The van der Waals surface area contributed by atoms with Crippen molar-refractivity contribution in [3.8, 4) is 5.69 Å². The fraction of sp³-hybridized carbons (Fsp3) is 0.100. The van der Waals surface area contributed by atoms with E-state index in [1.165, 1.54) is 4.68 Å². The molecule has 3 nitrogen and oxygen atoms in total. The van der Waals surface area contributed by atoms with Crippen molar-refractivity contribution in [2.45, 2.75) is 6.92 Å². The summed E-state index contributed by atoms with van der Waals surface area (Å²) < 4.78 is 2.41. The zero-order valence-electron chi connectivity index (χ0n) is 7.62. The van der Waals surface area contributed by atoms with E-state index >= 15 is 0 Å². The van der Waals surface area contributed by atoms with Crippen molar-refractivity contribution in [2.75, 3.05) is 0 Å². The van der Waals surface area contributed by atoms with Crippen LogP contribution in [0.2, 0.25) is 0 Å². The summed E-state index contributed by atoms with van der Waals surface area (Å²) in [6.45, 7) is 1.86. The molecular weight excluding hydrogens is 244 g/mol. The molecule has 0 aliphatic rings. The second-order valence-corrected chi connectivity index (χ2v) is 3.92. The van der Waals surface area contributed by atoms with E-state index in [4.69, 9.17) is 0 Å². The van der Waals surface area contributed by atoms with Gasteiger partial charge in [-0.05, 0) is 35.0 Å². The molecule has 2 rings (SSSR count). The SMILES string of the molecule is Cc1cc(=O)n(-c2ccccc2Br)[nH]1. The van der Waals surface area contributed by atoms with E-state index in [0.29, 0.717) is 0 Å². The molecule has 1 aromatic heterocycles. The highest BCUT2D eigenvalue weighted by atomic mass is 79.9. The monoisotopic (exact) mass is 252 g/mol. The number of para-hydroxylation sites is 1. The van der Waals surface area contributed by atoms with Gasteiger partial charge in [0.2, 0.25) is 0 Å². The Balaban J connectivity index is 2.66. The number of hydrogen-bond donors (Lipinski definition) is 1. The quantitative estimate of drug-likeness (QED) is 0.831. The molecule has 0 aliphatic heterocycles. The average molecular weight is 253 g/mol. The highest BCUT2D eigenvalue weighted by Gasteiger charge is 2.04. The summed E-state index contributed by atoms with van der Waals surface area (Å²) in [7, 11) is 0. The largest absolute Gasteiger partial charge is 0.295 e.